The van der Waals surface area contributed by atoms with E-state index in [1.54, 1.807) is 11.3 Å². The Balaban J connectivity index is 1.83. The third-order valence-corrected chi connectivity index (χ3v) is 4.53. The number of likely N-dealkylation sites (tertiary alicyclic amines) is 1. The fourth-order valence-corrected chi connectivity index (χ4v) is 3.60. The zero-order valence-electron chi connectivity index (χ0n) is 11.9. The van der Waals surface area contributed by atoms with Crippen molar-refractivity contribution < 1.29 is 5.11 Å². The van der Waals surface area contributed by atoms with Crippen LogP contribution in [0.25, 0.3) is 10.2 Å². The van der Waals surface area contributed by atoms with E-state index in [2.05, 4.69) is 20.2 Å². The number of fused-ring (bicyclic) bond motifs is 1. The number of nitrogens with one attached hydrogen (secondary N) is 1. The Kier molecular flexibility index (Phi) is 3.62. The van der Waals surface area contributed by atoms with E-state index in [9.17, 15) is 5.11 Å². The molecule has 1 aliphatic heterocycles. The van der Waals surface area contributed by atoms with Gasteiger partial charge in [0.05, 0.1) is 17.5 Å². The van der Waals surface area contributed by atoms with Crippen molar-refractivity contribution in [1.82, 2.24) is 14.9 Å². The number of β-amino-alcohol motifs (C(OH)–C–C–N with tert-alkyl or cyclic N) is 1. The second kappa shape index (κ2) is 5.27. The van der Waals surface area contributed by atoms with E-state index >= 15 is 0 Å². The van der Waals surface area contributed by atoms with Gasteiger partial charge in [-0.2, -0.15) is 0 Å². The van der Waals surface area contributed by atoms with Gasteiger partial charge < -0.3 is 10.4 Å². The van der Waals surface area contributed by atoms with Crippen LogP contribution in [0.4, 0.5) is 5.82 Å². The topological polar surface area (TPSA) is 61.3 Å². The Morgan fingerprint density at radius 2 is 2.35 bits per heavy atom. The van der Waals surface area contributed by atoms with Crippen LogP contribution in [0.1, 0.15) is 25.6 Å². The van der Waals surface area contributed by atoms with E-state index in [1.807, 2.05) is 25.4 Å². The molecule has 1 aliphatic rings. The maximum Gasteiger partial charge on any atom is 0.146 e. The van der Waals surface area contributed by atoms with Crippen molar-refractivity contribution in [2.75, 3.05) is 25.5 Å². The molecule has 0 amide bonds. The highest BCUT2D eigenvalue weighted by Crippen LogP contribution is 2.26. The molecule has 0 spiro atoms. The van der Waals surface area contributed by atoms with E-state index in [-0.39, 0.29) is 0 Å². The predicted molar refractivity (Wildman–Crippen MR) is 82.1 cm³/mol. The van der Waals surface area contributed by atoms with Crippen LogP contribution in [0.2, 0.25) is 0 Å². The summed E-state index contributed by atoms with van der Waals surface area (Å²) in [5, 5.41) is 16.4. The first-order chi connectivity index (χ1) is 9.57. The third kappa shape index (κ3) is 2.77. The Labute approximate surface area is 122 Å². The summed E-state index contributed by atoms with van der Waals surface area (Å²) >= 11 is 1.63. The van der Waals surface area contributed by atoms with Crippen molar-refractivity contribution in [3.05, 3.63) is 17.3 Å². The van der Waals surface area contributed by atoms with Gasteiger partial charge in [0.15, 0.2) is 0 Å². The molecule has 3 heterocycles. The molecule has 1 atom stereocenters. The number of aliphatic hydroxyl groups is 1. The summed E-state index contributed by atoms with van der Waals surface area (Å²) in [7, 11) is 1.88. The van der Waals surface area contributed by atoms with Gasteiger partial charge in [-0.15, -0.1) is 11.3 Å². The van der Waals surface area contributed by atoms with Crippen molar-refractivity contribution in [2.24, 2.45) is 0 Å². The van der Waals surface area contributed by atoms with Crippen molar-refractivity contribution in [2.45, 2.75) is 31.9 Å². The lowest BCUT2D eigenvalue weighted by Gasteiger charge is -2.36. The number of aromatic nitrogens is 2. The number of nitrogens with zero attached hydrogens (tertiary/aromatic N) is 3. The fourth-order valence-electron chi connectivity index (χ4n) is 2.82. The maximum absolute atomic E-state index is 10.2. The first-order valence-corrected chi connectivity index (χ1v) is 7.82. The number of anilines is 1. The first kappa shape index (κ1) is 13.7. The number of hydrogen-bond acceptors (Lipinski definition) is 6. The molecule has 0 aliphatic carbocycles. The molecule has 1 saturated heterocycles. The molecular formula is C14H20N4OS. The lowest BCUT2D eigenvalue weighted by atomic mass is 9.95. The second-order valence-corrected chi connectivity index (χ2v) is 6.58. The standard InChI is InChI=1S/C14H20N4OS/c1-14(19)5-3-6-18(9-14)8-11-16-12(15-2)10-4-7-20-13(10)17-11/h4,7,19H,3,5-6,8-9H2,1-2H3,(H,15,16,17). The molecule has 0 bridgehead atoms. The molecule has 3 rings (SSSR count). The zero-order valence-corrected chi connectivity index (χ0v) is 12.7. The van der Waals surface area contributed by atoms with Crippen LogP contribution in [0, 0.1) is 0 Å². The van der Waals surface area contributed by atoms with Gasteiger partial charge in [0.1, 0.15) is 16.5 Å². The highest BCUT2D eigenvalue weighted by atomic mass is 32.1. The SMILES string of the molecule is CNc1nc(CN2CCCC(C)(O)C2)nc2sccc12. The minimum atomic E-state index is -0.586. The molecule has 1 unspecified atom stereocenters. The second-order valence-electron chi connectivity index (χ2n) is 5.69. The summed E-state index contributed by atoms with van der Waals surface area (Å²) in [5.41, 5.74) is -0.586. The van der Waals surface area contributed by atoms with Crippen LogP contribution in [0.5, 0.6) is 0 Å². The van der Waals surface area contributed by atoms with Gasteiger partial charge in [-0.05, 0) is 37.8 Å². The van der Waals surface area contributed by atoms with Crippen LogP contribution in [-0.2, 0) is 6.54 Å². The molecule has 0 radical (unpaired) electrons. The summed E-state index contributed by atoms with van der Waals surface area (Å²) in [6.45, 7) is 4.28. The molecule has 2 aromatic heterocycles. The fraction of sp³-hybridized carbons (Fsp3) is 0.571. The monoisotopic (exact) mass is 292 g/mol. The summed E-state index contributed by atoms with van der Waals surface area (Å²) in [6, 6.07) is 2.04. The van der Waals surface area contributed by atoms with E-state index in [0.29, 0.717) is 13.1 Å². The Morgan fingerprint density at radius 3 is 3.10 bits per heavy atom. The third-order valence-electron chi connectivity index (χ3n) is 3.73. The van der Waals surface area contributed by atoms with Crippen LogP contribution < -0.4 is 5.32 Å². The zero-order chi connectivity index (χ0) is 14.2. The van der Waals surface area contributed by atoms with Crippen LogP contribution in [-0.4, -0.2) is 45.7 Å². The molecular weight excluding hydrogens is 272 g/mol. The summed E-state index contributed by atoms with van der Waals surface area (Å²) in [4.78, 5) is 12.5. The van der Waals surface area contributed by atoms with Crippen molar-refractivity contribution >= 4 is 27.4 Å². The molecule has 0 saturated carbocycles. The van der Waals surface area contributed by atoms with E-state index in [0.717, 1.165) is 41.2 Å². The van der Waals surface area contributed by atoms with E-state index in [1.165, 1.54) is 0 Å². The summed E-state index contributed by atoms with van der Waals surface area (Å²) < 4.78 is 0. The highest BCUT2D eigenvalue weighted by molar-refractivity contribution is 7.16. The number of hydrogen-bond donors (Lipinski definition) is 2. The summed E-state index contributed by atoms with van der Waals surface area (Å²) in [6.07, 6.45) is 1.89. The van der Waals surface area contributed by atoms with Crippen molar-refractivity contribution in [1.29, 1.82) is 0 Å². The van der Waals surface area contributed by atoms with Gasteiger partial charge in [0.2, 0.25) is 0 Å². The number of piperidine rings is 1. The molecule has 2 N–H and O–H groups in total. The normalized spacial score (nSPS) is 24.1. The minimum absolute atomic E-state index is 0.586. The molecule has 5 nitrogen and oxygen atoms in total. The van der Waals surface area contributed by atoms with Gasteiger partial charge in [0, 0.05) is 13.6 Å². The van der Waals surface area contributed by atoms with E-state index < -0.39 is 5.60 Å². The average molecular weight is 292 g/mol. The van der Waals surface area contributed by atoms with E-state index in [4.69, 9.17) is 0 Å². The molecule has 1 fully saturated rings. The Hall–Kier alpha value is -1.24. The molecule has 0 aromatic carbocycles. The van der Waals surface area contributed by atoms with Gasteiger partial charge in [0.25, 0.3) is 0 Å². The van der Waals surface area contributed by atoms with Crippen LogP contribution >= 0.6 is 11.3 Å². The number of thiophene rings is 1. The lowest BCUT2D eigenvalue weighted by Crippen LogP contribution is -2.45. The summed E-state index contributed by atoms with van der Waals surface area (Å²) in [5.74, 6) is 1.71. The largest absolute Gasteiger partial charge is 0.389 e. The van der Waals surface area contributed by atoms with Crippen molar-refractivity contribution in [3.63, 3.8) is 0 Å². The minimum Gasteiger partial charge on any atom is -0.389 e. The molecule has 20 heavy (non-hydrogen) atoms. The van der Waals surface area contributed by atoms with Gasteiger partial charge in [-0.25, -0.2) is 9.97 Å². The van der Waals surface area contributed by atoms with Gasteiger partial charge >= 0.3 is 0 Å². The Bertz CT molecular complexity index is 610. The predicted octanol–water partition coefficient (Wildman–Crippen LogP) is 2.08. The van der Waals surface area contributed by atoms with Crippen LogP contribution in [0.3, 0.4) is 0 Å². The lowest BCUT2D eigenvalue weighted by molar-refractivity contribution is -0.0188. The van der Waals surface area contributed by atoms with Crippen LogP contribution in [0.15, 0.2) is 11.4 Å². The quantitative estimate of drug-likeness (QED) is 0.907. The first-order valence-electron chi connectivity index (χ1n) is 6.94. The Morgan fingerprint density at radius 1 is 1.50 bits per heavy atom. The number of rotatable bonds is 3. The smallest absolute Gasteiger partial charge is 0.146 e. The maximum atomic E-state index is 10.2. The average Bonchev–Trinajstić information content (AvgIpc) is 2.84. The van der Waals surface area contributed by atoms with Gasteiger partial charge in [-0.1, -0.05) is 0 Å². The molecule has 6 heteroatoms. The highest BCUT2D eigenvalue weighted by Gasteiger charge is 2.28. The molecule has 2 aromatic rings. The van der Waals surface area contributed by atoms with Gasteiger partial charge in [-0.3, -0.25) is 4.90 Å². The molecule has 108 valence electrons. The van der Waals surface area contributed by atoms with Crippen molar-refractivity contribution in [3.8, 4) is 0 Å².